The van der Waals surface area contributed by atoms with Crippen LogP contribution >= 0.6 is 27.3 Å². The highest BCUT2D eigenvalue weighted by molar-refractivity contribution is 9.10. The molecule has 1 aromatic carbocycles. The molecular formula is C18H21BrN2O3S. The van der Waals surface area contributed by atoms with E-state index in [4.69, 9.17) is 4.74 Å². The number of thiazole rings is 1. The van der Waals surface area contributed by atoms with Crippen molar-refractivity contribution in [1.29, 1.82) is 0 Å². The monoisotopic (exact) mass is 424 g/mol. The Morgan fingerprint density at radius 1 is 1.36 bits per heavy atom. The number of hydrogen-bond donors (Lipinski definition) is 1. The zero-order chi connectivity index (χ0) is 18.4. The van der Waals surface area contributed by atoms with Crippen LogP contribution in [0.4, 0.5) is 5.13 Å². The largest absolute Gasteiger partial charge is 0.492 e. The maximum absolute atomic E-state index is 12.0. The summed E-state index contributed by atoms with van der Waals surface area (Å²) in [6.45, 7) is 5.81. The van der Waals surface area contributed by atoms with Gasteiger partial charge in [-0.3, -0.25) is 9.59 Å². The van der Waals surface area contributed by atoms with E-state index in [0.717, 1.165) is 16.6 Å². The molecule has 0 spiro atoms. The van der Waals surface area contributed by atoms with Gasteiger partial charge in [0.25, 0.3) is 0 Å². The lowest BCUT2D eigenvalue weighted by Gasteiger charge is -2.09. The van der Waals surface area contributed by atoms with Crippen LogP contribution in [0.2, 0.25) is 0 Å². The second-order valence-corrected chi connectivity index (χ2v) is 7.46. The molecule has 2 rings (SSSR count). The highest BCUT2D eigenvalue weighted by Crippen LogP contribution is 2.26. The second kappa shape index (κ2) is 9.10. The van der Waals surface area contributed by atoms with Crippen molar-refractivity contribution in [3.8, 4) is 5.75 Å². The number of halogens is 1. The Hall–Kier alpha value is -1.73. The van der Waals surface area contributed by atoms with Gasteiger partial charge in [-0.1, -0.05) is 24.3 Å². The summed E-state index contributed by atoms with van der Waals surface area (Å²) < 4.78 is 6.63. The molecule has 0 atom stereocenters. The molecule has 0 fully saturated rings. The number of nitrogens with zero attached hydrogens (tertiary/aromatic N) is 1. The molecule has 1 heterocycles. The minimum atomic E-state index is -0.132. The van der Waals surface area contributed by atoms with Crippen LogP contribution in [0.25, 0.3) is 0 Å². The van der Waals surface area contributed by atoms with Gasteiger partial charge in [-0.15, -0.1) is 0 Å². The van der Waals surface area contributed by atoms with Crippen molar-refractivity contribution in [2.75, 3.05) is 11.9 Å². The lowest BCUT2D eigenvalue weighted by atomic mass is 10.2. The lowest BCUT2D eigenvalue weighted by molar-refractivity contribution is -0.116. The van der Waals surface area contributed by atoms with Gasteiger partial charge >= 0.3 is 0 Å². The summed E-state index contributed by atoms with van der Waals surface area (Å²) in [5.74, 6) is 0.607. The number of amides is 1. The molecule has 7 heteroatoms. The van der Waals surface area contributed by atoms with Crippen LogP contribution in [0.3, 0.4) is 0 Å². The van der Waals surface area contributed by atoms with Crippen molar-refractivity contribution >= 4 is 44.1 Å². The fourth-order valence-electron chi connectivity index (χ4n) is 2.25. The number of ether oxygens (including phenoxy) is 1. The standard InChI is InChI=1S/C18H21BrN2O3S/c1-4-13-7-8-15(14(19)10-13)24-9-5-6-16(23)21-18-20-11(2)17(25-18)12(3)22/h7-8,10H,4-6,9H2,1-3H3,(H,20,21,23). The SMILES string of the molecule is CCc1ccc(OCCCC(=O)Nc2nc(C)c(C(C)=O)s2)c(Br)c1. The quantitative estimate of drug-likeness (QED) is 0.489. The van der Waals surface area contributed by atoms with Gasteiger partial charge in [0.1, 0.15) is 5.75 Å². The molecule has 0 unspecified atom stereocenters. The number of Topliss-reactive ketones (excluding diaryl/α,β-unsaturated/α-hetero) is 1. The van der Waals surface area contributed by atoms with E-state index in [0.29, 0.717) is 35.2 Å². The fraction of sp³-hybridized carbons (Fsp3) is 0.389. The van der Waals surface area contributed by atoms with Crippen LogP contribution in [-0.4, -0.2) is 23.3 Å². The molecule has 134 valence electrons. The number of aryl methyl sites for hydroxylation is 2. The summed E-state index contributed by atoms with van der Waals surface area (Å²) in [6.07, 6.45) is 1.90. The van der Waals surface area contributed by atoms with Crippen LogP contribution in [0.5, 0.6) is 5.75 Å². The zero-order valence-electron chi connectivity index (χ0n) is 14.5. The summed E-state index contributed by atoms with van der Waals surface area (Å²) in [7, 11) is 0. The molecule has 1 amide bonds. The number of rotatable bonds is 8. The molecule has 1 N–H and O–H groups in total. The van der Waals surface area contributed by atoms with Gasteiger partial charge in [0, 0.05) is 13.3 Å². The van der Waals surface area contributed by atoms with Crippen LogP contribution < -0.4 is 10.1 Å². The lowest BCUT2D eigenvalue weighted by Crippen LogP contribution is -2.12. The number of carbonyl (C=O) groups is 2. The van der Waals surface area contributed by atoms with Gasteiger partial charge in [0.15, 0.2) is 10.9 Å². The number of anilines is 1. The molecule has 0 aliphatic rings. The molecule has 0 aliphatic heterocycles. The fourth-order valence-corrected chi connectivity index (χ4v) is 3.67. The van der Waals surface area contributed by atoms with Crippen LogP contribution in [-0.2, 0) is 11.2 Å². The van der Waals surface area contributed by atoms with Crippen LogP contribution in [0.1, 0.15) is 47.6 Å². The summed E-state index contributed by atoms with van der Waals surface area (Å²) >= 11 is 4.70. The third-order valence-electron chi connectivity index (χ3n) is 3.57. The highest BCUT2D eigenvalue weighted by atomic mass is 79.9. The van der Waals surface area contributed by atoms with Crippen molar-refractivity contribution in [2.45, 2.75) is 40.0 Å². The second-order valence-electron chi connectivity index (χ2n) is 5.61. The highest BCUT2D eigenvalue weighted by Gasteiger charge is 2.13. The van der Waals surface area contributed by atoms with E-state index in [1.807, 2.05) is 18.2 Å². The summed E-state index contributed by atoms with van der Waals surface area (Å²) in [4.78, 5) is 28.2. The maximum atomic E-state index is 12.0. The van der Waals surface area contributed by atoms with E-state index >= 15 is 0 Å². The molecule has 2 aromatic rings. The van der Waals surface area contributed by atoms with Crippen molar-refractivity contribution in [2.24, 2.45) is 0 Å². The van der Waals surface area contributed by atoms with Crippen molar-refractivity contribution in [3.05, 3.63) is 38.8 Å². The molecule has 1 aromatic heterocycles. The van der Waals surface area contributed by atoms with Gasteiger partial charge in [0.05, 0.1) is 21.7 Å². The third-order valence-corrected chi connectivity index (χ3v) is 5.37. The Bertz CT molecular complexity index is 774. The molecule has 25 heavy (non-hydrogen) atoms. The summed E-state index contributed by atoms with van der Waals surface area (Å²) in [6, 6.07) is 6.01. The first-order chi connectivity index (χ1) is 11.9. The number of carbonyl (C=O) groups excluding carboxylic acids is 2. The first kappa shape index (κ1) is 19.6. The molecule has 5 nitrogen and oxygen atoms in total. The normalized spacial score (nSPS) is 10.6. The first-order valence-electron chi connectivity index (χ1n) is 8.10. The van der Waals surface area contributed by atoms with Crippen molar-refractivity contribution < 1.29 is 14.3 Å². The van der Waals surface area contributed by atoms with Gasteiger partial charge in [-0.25, -0.2) is 4.98 Å². The van der Waals surface area contributed by atoms with Gasteiger partial charge in [0.2, 0.25) is 5.91 Å². The number of aromatic nitrogens is 1. The van der Waals surface area contributed by atoms with E-state index in [1.165, 1.54) is 23.8 Å². The average molecular weight is 425 g/mol. The Labute approximate surface area is 159 Å². The predicted molar refractivity (Wildman–Crippen MR) is 104 cm³/mol. The molecule has 0 radical (unpaired) electrons. The van der Waals surface area contributed by atoms with Crippen molar-refractivity contribution in [3.63, 3.8) is 0 Å². The summed E-state index contributed by atoms with van der Waals surface area (Å²) in [5.41, 5.74) is 1.89. The average Bonchev–Trinajstić information content (AvgIpc) is 2.93. The smallest absolute Gasteiger partial charge is 0.226 e. The van der Waals surface area contributed by atoms with Crippen LogP contribution in [0, 0.1) is 6.92 Å². The zero-order valence-corrected chi connectivity index (χ0v) is 16.9. The molecule has 0 aliphatic carbocycles. The Morgan fingerprint density at radius 2 is 2.12 bits per heavy atom. The minimum Gasteiger partial charge on any atom is -0.492 e. The number of hydrogen-bond acceptors (Lipinski definition) is 5. The van der Waals surface area contributed by atoms with Gasteiger partial charge in [-0.2, -0.15) is 0 Å². The Kier molecular flexibility index (Phi) is 7.13. The predicted octanol–water partition coefficient (Wildman–Crippen LogP) is 4.78. The van der Waals surface area contributed by atoms with Crippen molar-refractivity contribution in [1.82, 2.24) is 4.98 Å². The first-order valence-corrected chi connectivity index (χ1v) is 9.71. The van der Waals surface area contributed by atoms with Gasteiger partial charge < -0.3 is 10.1 Å². The van der Waals surface area contributed by atoms with E-state index < -0.39 is 0 Å². The third kappa shape index (κ3) is 5.64. The molecule has 0 saturated carbocycles. The number of benzene rings is 1. The van der Waals surface area contributed by atoms with E-state index in [9.17, 15) is 9.59 Å². The number of ketones is 1. The molecule has 0 saturated heterocycles. The molecule has 0 bridgehead atoms. The Balaban J connectivity index is 1.77. The topological polar surface area (TPSA) is 68.3 Å². The Morgan fingerprint density at radius 3 is 2.72 bits per heavy atom. The minimum absolute atomic E-state index is 0.0384. The summed E-state index contributed by atoms with van der Waals surface area (Å²) in [5, 5.41) is 3.20. The molecular weight excluding hydrogens is 404 g/mol. The van der Waals surface area contributed by atoms with Crippen LogP contribution in [0.15, 0.2) is 22.7 Å². The number of nitrogens with one attached hydrogen (secondary N) is 1. The van der Waals surface area contributed by atoms with E-state index in [2.05, 4.69) is 33.2 Å². The maximum Gasteiger partial charge on any atom is 0.226 e. The van der Waals surface area contributed by atoms with E-state index in [1.54, 1.807) is 6.92 Å². The van der Waals surface area contributed by atoms with E-state index in [-0.39, 0.29) is 11.7 Å². The van der Waals surface area contributed by atoms with Gasteiger partial charge in [-0.05, 0) is 53.4 Å².